The second kappa shape index (κ2) is 9.38. The van der Waals surface area contributed by atoms with Gasteiger partial charge < -0.3 is 9.67 Å². The first-order chi connectivity index (χ1) is 17.1. The molecule has 0 saturated heterocycles. The fraction of sp³-hybridized carbons (Fsp3) is 0.438. The number of aliphatic hydroxyl groups is 1. The highest BCUT2D eigenvalue weighted by Gasteiger charge is 2.57. The van der Waals surface area contributed by atoms with Crippen molar-refractivity contribution in [1.29, 1.82) is 0 Å². The number of hydrogen-bond donors (Lipinski definition) is 1. The van der Waals surface area contributed by atoms with E-state index in [4.69, 9.17) is 0 Å². The molecule has 0 bridgehead atoms. The van der Waals surface area contributed by atoms with Gasteiger partial charge in [0.1, 0.15) is 12.5 Å². The van der Waals surface area contributed by atoms with Gasteiger partial charge in [-0.15, -0.1) is 0 Å². The van der Waals surface area contributed by atoms with E-state index in [1.54, 1.807) is 0 Å². The summed E-state index contributed by atoms with van der Waals surface area (Å²) in [6.45, 7) is 0. The van der Waals surface area contributed by atoms with E-state index in [0.717, 1.165) is 83.7 Å². The molecule has 0 aliphatic heterocycles. The summed E-state index contributed by atoms with van der Waals surface area (Å²) in [5.74, 6) is 0. The number of fused-ring (bicyclic) bond motifs is 2. The Balaban J connectivity index is 1.66. The maximum Gasteiger partial charge on any atom is 0.147 e. The normalized spacial score (nSPS) is 24.2. The first kappa shape index (κ1) is 23.3. The Hall–Kier alpha value is -2.15. The summed E-state index contributed by atoms with van der Waals surface area (Å²) in [7, 11) is -3.03. The summed E-state index contributed by atoms with van der Waals surface area (Å²) in [6, 6.07) is 23.3. The maximum atomic E-state index is 15.8. The molecule has 6 rings (SSSR count). The average molecular weight is 485 g/mol. The van der Waals surface area contributed by atoms with E-state index in [2.05, 4.69) is 72.8 Å². The molecule has 3 aliphatic carbocycles. The smallest absolute Gasteiger partial charge is 0.147 e. The van der Waals surface area contributed by atoms with Gasteiger partial charge in [0, 0.05) is 23.3 Å². The van der Waals surface area contributed by atoms with Crippen LogP contribution in [0.2, 0.25) is 0 Å². The molecule has 3 heteroatoms. The average Bonchev–Trinajstić information content (AvgIpc) is 2.93. The minimum absolute atomic E-state index is 0.132. The van der Waals surface area contributed by atoms with E-state index in [1.807, 2.05) is 0 Å². The molecule has 0 radical (unpaired) electrons. The minimum atomic E-state index is -3.03. The fourth-order valence-corrected chi connectivity index (χ4v) is 12.5. The highest BCUT2D eigenvalue weighted by molar-refractivity contribution is 7.67. The zero-order chi connectivity index (χ0) is 23.9. The van der Waals surface area contributed by atoms with Crippen LogP contribution in [-0.4, -0.2) is 21.8 Å². The Morgan fingerprint density at radius 2 is 1.31 bits per heavy atom. The summed E-state index contributed by atoms with van der Waals surface area (Å²) in [5, 5.41) is 16.3. The van der Waals surface area contributed by atoms with Crippen LogP contribution < -0.4 is 10.4 Å². The predicted octanol–water partition coefficient (Wildman–Crippen LogP) is 6.94. The van der Waals surface area contributed by atoms with Crippen LogP contribution in [0.25, 0.3) is 22.4 Å². The van der Waals surface area contributed by atoms with Crippen molar-refractivity contribution in [2.75, 3.05) is 0 Å². The minimum Gasteiger partial charge on any atom is -0.377 e. The van der Waals surface area contributed by atoms with E-state index in [9.17, 15) is 5.11 Å². The van der Waals surface area contributed by atoms with Gasteiger partial charge in [0.05, 0.1) is 0 Å². The highest BCUT2D eigenvalue weighted by Crippen LogP contribution is 2.73. The Morgan fingerprint density at radius 1 is 0.714 bits per heavy atom. The topological polar surface area (TPSA) is 37.3 Å². The molecule has 2 nitrogen and oxygen atoms in total. The van der Waals surface area contributed by atoms with Crippen LogP contribution in [0.1, 0.15) is 76.2 Å². The summed E-state index contributed by atoms with van der Waals surface area (Å²) in [5.41, 5.74) is 2.24. The van der Waals surface area contributed by atoms with Crippen LogP contribution in [-0.2, 0) is 4.57 Å². The molecular formula is C32H37O2P. The third kappa shape index (κ3) is 3.76. The van der Waals surface area contributed by atoms with Gasteiger partial charge in [-0.25, -0.2) is 0 Å². The Bertz CT molecular complexity index is 1370. The molecule has 3 aliphatic rings. The molecule has 1 atom stereocenters. The third-order valence-electron chi connectivity index (χ3n) is 9.11. The van der Waals surface area contributed by atoms with Crippen LogP contribution >= 0.6 is 7.14 Å². The van der Waals surface area contributed by atoms with E-state index in [0.29, 0.717) is 6.42 Å². The summed E-state index contributed by atoms with van der Waals surface area (Å²) >= 11 is 0. The second-order valence-corrected chi connectivity index (χ2v) is 14.6. The van der Waals surface area contributed by atoms with Gasteiger partial charge in [0.15, 0.2) is 0 Å². The zero-order valence-corrected chi connectivity index (χ0v) is 21.6. The standard InChI is InChI=1S/C32H37O2P/c33-32(35(34,26-15-3-1-4-16-26)27-17-5-2-6-18-27)23-22-25-13-8-10-20-29(25)31(32)30-21-11-14-24-12-7-9-19-28(24)30/h7-14,19-22,26-27,33H,1-6,15-18,23H2/t32-/m1/s1. The SMILES string of the molecule is O=P(C1CCCCC1)(C1CCCCC1)[C@]1(O)CC=c2ccccc2=C1c1cccc2ccccc12. The zero-order valence-electron chi connectivity index (χ0n) is 20.7. The Morgan fingerprint density at radius 3 is 2.03 bits per heavy atom. The summed E-state index contributed by atoms with van der Waals surface area (Å²) < 4.78 is 15.8. The van der Waals surface area contributed by atoms with Crippen molar-refractivity contribution in [1.82, 2.24) is 0 Å². The van der Waals surface area contributed by atoms with Crippen molar-refractivity contribution in [2.45, 2.75) is 87.3 Å². The van der Waals surface area contributed by atoms with Crippen molar-refractivity contribution >= 4 is 29.6 Å². The molecule has 2 saturated carbocycles. The van der Waals surface area contributed by atoms with E-state index in [-0.39, 0.29) is 11.3 Å². The van der Waals surface area contributed by atoms with Gasteiger partial charge in [-0.1, -0.05) is 111 Å². The Labute approximate surface area is 209 Å². The van der Waals surface area contributed by atoms with Crippen LogP contribution in [0.15, 0.2) is 66.7 Å². The fourth-order valence-electron chi connectivity index (χ4n) is 7.43. The lowest BCUT2D eigenvalue weighted by atomic mass is 9.88. The van der Waals surface area contributed by atoms with Crippen LogP contribution in [0.4, 0.5) is 0 Å². The van der Waals surface area contributed by atoms with Crippen LogP contribution in [0, 0.1) is 0 Å². The van der Waals surface area contributed by atoms with Gasteiger partial charge in [0.25, 0.3) is 0 Å². The summed E-state index contributed by atoms with van der Waals surface area (Å²) in [4.78, 5) is 0. The van der Waals surface area contributed by atoms with E-state index >= 15 is 4.57 Å². The molecule has 2 fully saturated rings. The molecule has 0 unspecified atom stereocenters. The molecule has 0 amide bonds. The molecule has 3 aromatic rings. The van der Waals surface area contributed by atoms with Crippen molar-refractivity contribution in [3.8, 4) is 0 Å². The van der Waals surface area contributed by atoms with Gasteiger partial charge in [-0.05, 0) is 52.5 Å². The largest absolute Gasteiger partial charge is 0.377 e. The molecule has 0 aromatic heterocycles. The van der Waals surface area contributed by atoms with Crippen molar-refractivity contribution in [2.24, 2.45) is 0 Å². The lowest BCUT2D eigenvalue weighted by Gasteiger charge is -2.49. The molecule has 35 heavy (non-hydrogen) atoms. The monoisotopic (exact) mass is 484 g/mol. The van der Waals surface area contributed by atoms with Crippen molar-refractivity contribution < 1.29 is 9.67 Å². The van der Waals surface area contributed by atoms with Crippen LogP contribution in [0.5, 0.6) is 0 Å². The van der Waals surface area contributed by atoms with Crippen molar-refractivity contribution in [3.05, 3.63) is 82.7 Å². The number of rotatable bonds is 4. The van der Waals surface area contributed by atoms with Gasteiger partial charge in [0.2, 0.25) is 0 Å². The third-order valence-corrected chi connectivity index (χ3v) is 13.9. The quantitative estimate of drug-likeness (QED) is 0.407. The molecule has 182 valence electrons. The second-order valence-electron chi connectivity index (χ2n) is 11.0. The van der Waals surface area contributed by atoms with Gasteiger partial charge in [-0.2, -0.15) is 0 Å². The van der Waals surface area contributed by atoms with Crippen molar-refractivity contribution in [3.63, 3.8) is 0 Å². The van der Waals surface area contributed by atoms with Gasteiger partial charge >= 0.3 is 0 Å². The first-order valence-electron chi connectivity index (χ1n) is 13.7. The maximum absolute atomic E-state index is 15.8. The van der Waals surface area contributed by atoms with E-state index < -0.39 is 12.5 Å². The molecular weight excluding hydrogens is 447 g/mol. The lowest BCUT2D eigenvalue weighted by molar-refractivity contribution is 0.180. The molecule has 3 aromatic carbocycles. The number of benzene rings is 3. The first-order valence-corrected chi connectivity index (χ1v) is 15.6. The van der Waals surface area contributed by atoms with E-state index in [1.165, 1.54) is 12.8 Å². The van der Waals surface area contributed by atoms with Gasteiger partial charge in [-0.3, -0.25) is 0 Å². The lowest BCUT2D eigenvalue weighted by Crippen LogP contribution is -2.47. The predicted molar refractivity (Wildman–Crippen MR) is 148 cm³/mol. The molecule has 0 spiro atoms. The highest BCUT2D eigenvalue weighted by atomic mass is 31.2. The van der Waals surface area contributed by atoms with Crippen LogP contribution in [0.3, 0.4) is 0 Å². The Kier molecular flexibility index (Phi) is 6.23. The molecule has 0 heterocycles. The molecule has 1 N–H and O–H groups in total. The summed E-state index contributed by atoms with van der Waals surface area (Å²) in [6.07, 6.45) is 13.6. The number of hydrogen-bond acceptors (Lipinski definition) is 2.